The monoisotopic (exact) mass is 301 g/mol. The highest BCUT2D eigenvalue weighted by Crippen LogP contribution is 2.36. The molecule has 3 unspecified atom stereocenters. The first-order valence-electron chi connectivity index (χ1n) is 6.35. The third-order valence-corrected chi connectivity index (χ3v) is 4.48. The molecule has 3 atom stereocenters. The molecule has 0 spiro atoms. The minimum Gasteiger partial charge on any atom is -0.480 e. The van der Waals surface area contributed by atoms with Crippen LogP contribution in [0.15, 0.2) is 18.2 Å². The fourth-order valence-corrected chi connectivity index (χ4v) is 3.27. The van der Waals surface area contributed by atoms with E-state index in [0.29, 0.717) is 10.0 Å². The molecule has 0 saturated carbocycles. The molecule has 1 aliphatic rings. The van der Waals surface area contributed by atoms with E-state index >= 15 is 0 Å². The van der Waals surface area contributed by atoms with Gasteiger partial charge in [0.05, 0.1) is 0 Å². The molecule has 0 aliphatic carbocycles. The van der Waals surface area contributed by atoms with Crippen molar-refractivity contribution in [3.05, 3.63) is 33.8 Å². The van der Waals surface area contributed by atoms with Gasteiger partial charge in [0.25, 0.3) is 0 Å². The Labute approximate surface area is 123 Å². The Bertz CT molecular complexity index is 492. The molecule has 2 rings (SSSR count). The van der Waals surface area contributed by atoms with E-state index in [1.165, 1.54) is 0 Å². The van der Waals surface area contributed by atoms with Crippen LogP contribution in [0.1, 0.15) is 31.9 Å². The highest BCUT2D eigenvalue weighted by atomic mass is 35.5. The lowest BCUT2D eigenvalue weighted by atomic mass is 10.0. The lowest BCUT2D eigenvalue weighted by Gasteiger charge is -2.30. The number of aliphatic carboxylic acids is 1. The smallest absolute Gasteiger partial charge is 0.321 e. The molecular weight excluding hydrogens is 285 g/mol. The van der Waals surface area contributed by atoms with E-state index in [1.807, 2.05) is 24.8 Å². The van der Waals surface area contributed by atoms with Crippen molar-refractivity contribution in [1.29, 1.82) is 0 Å². The van der Waals surface area contributed by atoms with Gasteiger partial charge >= 0.3 is 5.97 Å². The molecule has 5 heteroatoms. The van der Waals surface area contributed by atoms with E-state index < -0.39 is 12.0 Å². The predicted molar refractivity (Wildman–Crippen MR) is 76.8 cm³/mol. The van der Waals surface area contributed by atoms with Gasteiger partial charge in [-0.3, -0.25) is 9.69 Å². The van der Waals surface area contributed by atoms with E-state index in [4.69, 9.17) is 23.2 Å². The first kappa shape index (κ1) is 14.6. The molecule has 1 aliphatic heterocycles. The van der Waals surface area contributed by atoms with Gasteiger partial charge in [-0.25, -0.2) is 0 Å². The molecule has 0 bridgehead atoms. The number of nitrogens with zero attached hydrogens (tertiary/aromatic N) is 1. The highest BCUT2D eigenvalue weighted by molar-refractivity contribution is 6.33. The summed E-state index contributed by atoms with van der Waals surface area (Å²) in [7, 11) is 0. The van der Waals surface area contributed by atoms with Crippen molar-refractivity contribution >= 4 is 29.2 Å². The Morgan fingerprint density at radius 1 is 1.47 bits per heavy atom. The molecule has 0 aromatic heterocycles. The molecule has 104 valence electrons. The number of carbonyl (C=O) groups is 1. The average molecular weight is 302 g/mol. The van der Waals surface area contributed by atoms with Crippen LogP contribution in [0.3, 0.4) is 0 Å². The summed E-state index contributed by atoms with van der Waals surface area (Å²) >= 11 is 12.2. The van der Waals surface area contributed by atoms with Crippen LogP contribution < -0.4 is 0 Å². The number of carboxylic acids is 1. The second-order valence-corrected chi connectivity index (χ2v) is 5.97. The van der Waals surface area contributed by atoms with E-state index in [9.17, 15) is 9.90 Å². The second kappa shape index (κ2) is 5.70. The van der Waals surface area contributed by atoms with Crippen molar-refractivity contribution < 1.29 is 9.90 Å². The number of hydrogen-bond donors (Lipinski definition) is 1. The zero-order valence-corrected chi connectivity index (χ0v) is 12.4. The molecule has 0 radical (unpaired) electrons. The van der Waals surface area contributed by atoms with Crippen LogP contribution in [0.4, 0.5) is 0 Å². The zero-order chi connectivity index (χ0) is 14.2. The van der Waals surface area contributed by atoms with Gasteiger partial charge in [-0.15, -0.1) is 0 Å². The normalized spacial score (nSPS) is 25.5. The van der Waals surface area contributed by atoms with Crippen LogP contribution in [-0.4, -0.2) is 28.6 Å². The summed E-state index contributed by atoms with van der Waals surface area (Å²) in [6.45, 7) is 4.72. The first-order chi connectivity index (χ1) is 8.91. The molecule has 1 saturated heterocycles. The van der Waals surface area contributed by atoms with Gasteiger partial charge in [0, 0.05) is 16.1 Å². The topological polar surface area (TPSA) is 40.5 Å². The molecule has 3 nitrogen and oxygen atoms in total. The lowest BCUT2D eigenvalue weighted by Crippen LogP contribution is -2.40. The molecule has 1 fully saturated rings. The Kier molecular flexibility index (Phi) is 4.39. The third-order valence-electron chi connectivity index (χ3n) is 3.90. The minimum absolute atomic E-state index is 0.0581. The summed E-state index contributed by atoms with van der Waals surface area (Å²) in [6.07, 6.45) is 0.888. The van der Waals surface area contributed by atoms with Gasteiger partial charge in [0.15, 0.2) is 0 Å². The number of rotatable bonds is 3. The summed E-state index contributed by atoms with van der Waals surface area (Å²) in [5.74, 6) is -0.618. The van der Waals surface area contributed by atoms with Gasteiger partial charge in [-0.05, 0) is 49.6 Å². The summed E-state index contributed by atoms with van der Waals surface area (Å²) in [5, 5.41) is 10.6. The molecular formula is C14H17Cl2NO2. The SMILES string of the molecule is CC1CCN(C(C)c2cc(Cl)ccc2Cl)C1C(=O)O. The maximum atomic E-state index is 11.4. The molecule has 19 heavy (non-hydrogen) atoms. The standard InChI is InChI=1S/C14H17Cl2NO2/c1-8-5-6-17(13(8)14(18)19)9(2)11-7-10(15)3-4-12(11)16/h3-4,7-9,13H,5-6H2,1-2H3,(H,18,19). The predicted octanol–water partition coefficient (Wildman–Crippen LogP) is 3.85. The Morgan fingerprint density at radius 3 is 2.79 bits per heavy atom. The van der Waals surface area contributed by atoms with E-state index in [2.05, 4.69) is 0 Å². The maximum Gasteiger partial charge on any atom is 0.321 e. The van der Waals surface area contributed by atoms with E-state index in [-0.39, 0.29) is 12.0 Å². The fraction of sp³-hybridized carbons (Fsp3) is 0.500. The molecule has 1 aromatic carbocycles. The van der Waals surface area contributed by atoms with Crippen LogP contribution in [-0.2, 0) is 4.79 Å². The molecule has 1 N–H and O–H groups in total. The van der Waals surface area contributed by atoms with E-state index in [0.717, 1.165) is 18.5 Å². The number of benzene rings is 1. The van der Waals surface area contributed by atoms with Crippen molar-refractivity contribution in [1.82, 2.24) is 4.90 Å². The van der Waals surface area contributed by atoms with Crippen molar-refractivity contribution in [2.75, 3.05) is 6.54 Å². The van der Waals surface area contributed by atoms with E-state index in [1.54, 1.807) is 12.1 Å². The summed E-state index contributed by atoms with van der Waals surface area (Å²) in [5.41, 5.74) is 0.884. The number of carboxylic acid groups (broad SMARTS) is 1. The highest BCUT2D eigenvalue weighted by Gasteiger charge is 2.39. The van der Waals surface area contributed by atoms with Gasteiger partial charge in [0.1, 0.15) is 6.04 Å². The molecule has 1 aromatic rings. The van der Waals surface area contributed by atoms with Crippen molar-refractivity contribution in [3.8, 4) is 0 Å². The van der Waals surface area contributed by atoms with Crippen molar-refractivity contribution in [2.24, 2.45) is 5.92 Å². The largest absolute Gasteiger partial charge is 0.480 e. The van der Waals surface area contributed by atoms with Crippen LogP contribution in [0.5, 0.6) is 0 Å². The first-order valence-corrected chi connectivity index (χ1v) is 7.11. The van der Waals surface area contributed by atoms with Crippen LogP contribution in [0.25, 0.3) is 0 Å². The van der Waals surface area contributed by atoms with Crippen LogP contribution in [0.2, 0.25) is 10.0 Å². The molecule has 1 heterocycles. The van der Waals surface area contributed by atoms with Gasteiger partial charge in [-0.1, -0.05) is 30.1 Å². The summed E-state index contributed by atoms with van der Waals surface area (Å²) in [4.78, 5) is 13.4. The lowest BCUT2D eigenvalue weighted by molar-refractivity contribution is -0.144. The van der Waals surface area contributed by atoms with Crippen molar-refractivity contribution in [3.63, 3.8) is 0 Å². The minimum atomic E-state index is -0.769. The number of likely N-dealkylation sites (tertiary alicyclic amines) is 1. The maximum absolute atomic E-state index is 11.4. The average Bonchev–Trinajstić information content (AvgIpc) is 2.73. The van der Waals surface area contributed by atoms with Gasteiger partial charge in [-0.2, -0.15) is 0 Å². The third kappa shape index (κ3) is 2.88. The molecule has 0 amide bonds. The Hall–Kier alpha value is -0.770. The fourth-order valence-electron chi connectivity index (χ4n) is 2.81. The second-order valence-electron chi connectivity index (χ2n) is 5.13. The quantitative estimate of drug-likeness (QED) is 0.922. The van der Waals surface area contributed by atoms with Crippen LogP contribution in [0, 0.1) is 5.92 Å². The Balaban J connectivity index is 2.30. The number of hydrogen-bond acceptors (Lipinski definition) is 2. The van der Waals surface area contributed by atoms with Crippen LogP contribution >= 0.6 is 23.2 Å². The Morgan fingerprint density at radius 2 is 2.16 bits per heavy atom. The summed E-state index contributed by atoms with van der Waals surface area (Å²) < 4.78 is 0. The van der Waals surface area contributed by atoms with Gasteiger partial charge in [0.2, 0.25) is 0 Å². The van der Waals surface area contributed by atoms with Crippen molar-refractivity contribution in [2.45, 2.75) is 32.4 Å². The van der Waals surface area contributed by atoms with Gasteiger partial charge < -0.3 is 5.11 Å². The number of halogens is 2. The summed E-state index contributed by atoms with van der Waals surface area (Å²) in [6, 6.07) is 4.80. The zero-order valence-electron chi connectivity index (χ0n) is 10.9.